The van der Waals surface area contributed by atoms with Crippen LogP contribution in [0.5, 0.6) is 0 Å². The summed E-state index contributed by atoms with van der Waals surface area (Å²) in [5.74, 6) is -1.31. The SMILES string of the molecule is O=C(O)c1cc(Br)cnc1Nc1ccc(F)c(Br)c1. The summed E-state index contributed by atoms with van der Waals surface area (Å²) in [5.41, 5.74) is 0.556. The minimum absolute atomic E-state index is 0.0230. The molecule has 2 N–H and O–H groups in total. The lowest BCUT2D eigenvalue weighted by Crippen LogP contribution is -2.05. The molecule has 0 saturated carbocycles. The van der Waals surface area contributed by atoms with E-state index in [1.807, 2.05) is 0 Å². The van der Waals surface area contributed by atoms with Crippen LogP contribution in [0, 0.1) is 5.82 Å². The highest BCUT2D eigenvalue weighted by molar-refractivity contribution is 9.10. The first kappa shape index (κ1) is 14.0. The number of aromatic carboxylic acids is 1. The summed E-state index contributed by atoms with van der Waals surface area (Å²) >= 11 is 6.22. The molecule has 0 saturated heterocycles. The number of pyridine rings is 1. The summed E-state index contributed by atoms with van der Waals surface area (Å²) in [6.45, 7) is 0. The van der Waals surface area contributed by atoms with Gasteiger partial charge in [-0.3, -0.25) is 0 Å². The minimum Gasteiger partial charge on any atom is -0.478 e. The molecule has 0 bridgehead atoms. The standard InChI is InChI=1S/C12H7Br2FN2O2/c13-6-3-8(12(18)19)11(16-5-6)17-7-1-2-10(15)9(14)4-7/h1-5H,(H,16,17)(H,18,19). The van der Waals surface area contributed by atoms with Gasteiger partial charge in [0.2, 0.25) is 0 Å². The molecule has 0 aliphatic rings. The molecule has 98 valence electrons. The van der Waals surface area contributed by atoms with Crippen molar-refractivity contribution in [2.75, 3.05) is 5.32 Å². The zero-order chi connectivity index (χ0) is 14.0. The number of anilines is 2. The molecule has 2 rings (SSSR count). The van der Waals surface area contributed by atoms with Crippen molar-refractivity contribution in [3.63, 3.8) is 0 Å². The number of halogens is 3. The van der Waals surface area contributed by atoms with Gasteiger partial charge in [-0.2, -0.15) is 0 Å². The first-order valence-electron chi connectivity index (χ1n) is 5.08. The molecule has 0 amide bonds. The summed E-state index contributed by atoms with van der Waals surface area (Å²) < 4.78 is 14.0. The van der Waals surface area contributed by atoms with Gasteiger partial charge in [-0.25, -0.2) is 14.2 Å². The molecule has 0 unspecified atom stereocenters. The van der Waals surface area contributed by atoms with Gasteiger partial charge in [0, 0.05) is 16.4 Å². The van der Waals surface area contributed by atoms with E-state index in [0.29, 0.717) is 10.2 Å². The molecule has 1 aromatic heterocycles. The Morgan fingerprint density at radius 2 is 2.05 bits per heavy atom. The van der Waals surface area contributed by atoms with Gasteiger partial charge in [-0.15, -0.1) is 0 Å². The lowest BCUT2D eigenvalue weighted by molar-refractivity contribution is 0.0697. The summed E-state index contributed by atoms with van der Waals surface area (Å²) in [7, 11) is 0. The number of carbonyl (C=O) groups is 1. The maximum atomic E-state index is 13.1. The van der Waals surface area contributed by atoms with Gasteiger partial charge in [0.15, 0.2) is 0 Å². The van der Waals surface area contributed by atoms with Crippen LogP contribution >= 0.6 is 31.9 Å². The van der Waals surface area contributed by atoms with Gasteiger partial charge >= 0.3 is 5.97 Å². The fourth-order valence-electron chi connectivity index (χ4n) is 1.41. The van der Waals surface area contributed by atoms with Crippen LogP contribution in [0.3, 0.4) is 0 Å². The number of aromatic nitrogens is 1. The van der Waals surface area contributed by atoms with Crippen molar-refractivity contribution >= 4 is 49.3 Å². The maximum Gasteiger partial charge on any atom is 0.339 e. The van der Waals surface area contributed by atoms with E-state index in [0.717, 1.165) is 0 Å². The Bertz CT molecular complexity index is 650. The third-order valence-corrected chi connectivity index (χ3v) is 3.31. The summed E-state index contributed by atoms with van der Waals surface area (Å²) in [4.78, 5) is 15.1. The molecule has 19 heavy (non-hydrogen) atoms. The molecular weight excluding hydrogens is 383 g/mol. The predicted octanol–water partition coefficient (Wildman–Crippen LogP) is 4.19. The first-order chi connectivity index (χ1) is 8.97. The molecule has 0 aliphatic carbocycles. The van der Waals surface area contributed by atoms with Crippen molar-refractivity contribution in [3.8, 4) is 0 Å². The van der Waals surface area contributed by atoms with E-state index >= 15 is 0 Å². The number of hydrogen-bond acceptors (Lipinski definition) is 3. The molecule has 7 heteroatoms. The second-order valence-corrected chi connectivity index (χ2v) is 5.38. The number of hydrogen-bond donors (Lipinski definition) is 2. The monoisotopic (exact) mass is 388 g/mol. The maximum absolute atomic E-state index is 13.1. The van der Waals surface area contributed by atoms with Crippen LogP contribution < -0.4 is 5.32 Å². The van der Waals surface area contributed by atoms with Crippen LogP contribution in [0.4, 0.5) is 15.9 Å². The predicted molar refractivity (Wildman–Crippen MR) is 76.3 cm³/mol. The highest BCUT2D eigenvalue weighted by Gasteiger charge is 2.12. The van der Waals surface area contributed by atoms with Gasteiger partial charge in [-0.05, 0) is 56.1 Å². The Morgan fingerprint density at radius 3 is 2.68 bits per heavy atom. The van der Waals surface area contributed by atoms with E-state index in [9.17, 15) is 9.18 Å². The lowest BCUT2D eigenvalue weighted by Gasteiger charge is -2.09. The number of nitrogens with one attached hydrogen (secondary N) is 1. The third kappa shape index (κ3) is 3.30. The smallest absolute Gasteiger partial charge is 0.339 e. The average molecular weight is 390 g/mol. The summed E-state index contributed by atoms with van der Waals surface area (Å²) in [6.07, 6.45) is 1.48. The fourth-order valence-corrected chi connectivity index (χ4v) is 2.12. The highest BCUT2D eigenvalue weighted by Crippen LogP contribution is 2.25. The van der Waals surface area contributed by atoms with Crippen LogP contribution in [0.15, 0.2) is 39.4 Å². The quantitative estimate of drug-likeness (QED) is 0.826. The van der Waals surface area contributed by atoms with Gasteiger partial charge in [-0.1, -0.05) is 0 Å². The topological polar surface area (TPSA) is 62.2 Å². The van der Waals surface area contributed by atoms with Crippen LogP contribution in [-0.2, 0) is 0 Å². The largest absolute Gasteiger partial charge is 0.478 e. The first-order valence-corrected chi connectivity index (χ1v) is 6.67. The normalized spacial score (nSPS) is 10.3. The van der Waals surface area contributed by atoms with Crippen molar-refractivity contribution in [2.24, 2.45) is 0 Å². The average Bonchev–Trinajstić information content (AvgIpc) is 2.36. The Morgan fingerprint density at radius 1 is 1.32 bits per heavy atom. The van der Waals surface area contributed by atoms with Gasteiger partial charge in [0.1, 0.15) is 17.2 Å². The number of carboxylic acid groups (broad SMARTS) is 1. The Labute approximate surface area is 124 Å². The lowest BCUT2D eigenvalue weighted by atomic mass is 10.2. The third-order valence-electron chi connectivity index (χ3n) is 2.27. The molecule has 0 atom stereocenters. The van der Waals surface area contributed by atoms with Crippen molar-refractivity contribution in [1.29, 1.82) is 0 Å². The van der Waals surface area contributed by atoms with Gasteiger partial charge in [0.25, 0.3) is 0 Å². The van der Waals surface area contributed by atoms with E-state index in [-0.39, 0.29) is 15.9 Å². The Hall–Kier alpha value is -1.47. The second kappa shape index (κ2) is 5.66. The van der Waals surface area contributed by atoms with Crippen LogP contribution in [0.1, 0.15) is 10.4 Å². The zero-order valence-electron chi connectivity index (χ0n) is 9.32. The van der Waals surface area contributed by atoms with Crippen molar-refractivity contribution in [2.45, 2.75) is 0 Å². The molecular formula is C12H7Br2FN2O2. The number of carboxylic acids is 1. The number of rotatable bonds is 3. The van der Waals surface area contributed by atoms with Crippen LogP contribution in [0.25, 0.3) is 0 Å². The Balaban J connectivity index is 2.37. The molecule has 1 heterocycles. The van der Waals surface area contributed by atoms with Crippen LogP contribution in [0.2, 0.25) is 0 Å². The molecule has 2 aromatic rings. The van der Waals surface area contributed by atoms with E-state index < -0.39 is 11.8 Å². The molecule has 0 aliphatic heterocycles. The Kier molecular flexibility index (Phi) is 4.16. The van der Waals surface area contributed by atoms with E-state index in [2.05, 4.69) is 42.2 Å². The highest BCUT2D eigenvalue weighted by atomic mass is 79.9. The molecule has 1 aromatic carbocycles. The van der Waals surface area contributed by atoms with E-state index in [1.165, 1.54) is 30.5 Å². The molecule has 4 nitrogen and oxygen atoms in total. The minimum atomic E-state index is -1.10. The summed E-state index contributed by atoms with van der Waals surface area (Å²) in [6, 6.07) is 5.71. The number of benzene rings is 1. The van der Waals surface area contributed by atoms with Gasteiger partial charge < -0.3 is 10.4 Å². The van der Waals surface area contributed by atoms with Gasteiger partial charge in [0.05, 0.1) is 4.47 Å². The summed E-state index contributed by atoms with van der Waals surface area (Å²) in [5, 5.41) is 11.9. The van der Waals surface area contributed by atoms with E-state index in [4.69, 9.17) is 5.11 Å². The van der Waals surface area contributed by atoms with Crippen molar-refractivity contribution < 1.29 is 14.3 Å². The van der Waals surface area contributed by atoms with E-state index in [1.54, 1.807) is 0 Å². The van der Waals surface area contributed by atoms with Crippen molar-refractivity contribution in [1.82, 2.24) is 4.98 Å². The fraction of sp³-hybridized carbons (Fsp3) is 0. The van der Waals surface area contributed by atoms with Crippen LogP contribution in [-0.4, -0.2) is 16.1 Å². The molecule has 0 radical (unpaired) electrons. The van der Waals surface area contributed by atoms with Crippen molar-refractivity contribution in [3.05, 3.63) is 50.8 Å². The zero-order valence-corrected chi connectivity index (χ0v) is 12.5. The number of nitrogens with zero attached hydrogens (tertiary/aromatic N) is 1. The molecule has 0 fully saturated rings. The molecule has 0 spiro atoms. The second-order valence-electron chi connectivity index (χ2n) is 3.61.